The van der Waals surface area contributed by atoms with Crippen LogP contribution in [0.1, 0.15) is 82.3 Å². The van der Waals surface area contributed by atoms with Gasteiger partial charge in [0.2, 0.25) is 0 Å². The Balaban J connectivity index is 1.60. The first kappa shape index (κ1) is 26.3. The number of methoxy groups -OCH3 is 1. The first-order valence-electron chi connectivity index (χ1n) is 13.7. The number of benzene rings is 3. The number of piperidine rings is 1. The predicted octanol–water partition coefficient (Wildman–Crippen LogP) is 6.98. The van der Waals surface area contributed by atoms with Crippen molar-refractivity contribution in [2.45, 2.75) is 64.9 Å². The van der Waals surface area contributed by atoms with Gasteiger partial charge in [0, 0.05) is 42.7 Å². The molecule has 2 aliphatic rings. The van der Waals surface area contributed by atoms with Crippen molar-refractivity contribution >= 4 is 11.6 Å². The Kier molecular flexibility index (Phi) is 6.99. The first-order valence-corrected chi connectivity index (χ1v) is 13.7. The highest BCUT2D eigenvalue weighted by Gasteiger charge is 2.52. The van der Waals surface area contributed by atoms with Crippen molar-refractivity contribution in [2.75, 3.05) is 32.6 Å². The van der Waals surface area contributed by atoms with Crippen molar-refractivity contribution in [1.29, 1.82) is 0 Å². The molecule has 0 saturated carbocycles. The molecule has 1 fully saturated rings. The number of amides is 1. The highest BCUT2D eigenvalue weighted by atomic mass is 16.5. The highest BCUT2D eigenvalue weighted by molar-refractivity contribution is 6.05. The summed E-state index contributed by atoms with van der Waals surface area (Å²) in [6.07, 6.45) is 1.94. The quantitative estimate of drug-likeness (QED) is 0.400. The molecule has 3 aromatic carbocycles. The van der Waals surface area contributed by atoms with E-state index in [9.17, 15) is 4.79 Å². The second kappa shape index (κ2) is 10.1. The number of carbonyl (C=O) groups is 1. The van der Waals surface area contributed by atoms with E-state index in [0.29, 0.717) is 11.5 Å². The van der Waals surface area contributed by atoms with Crippen molar-refractivity contribution in [1.82, 2.24) is 4.90 Å². The third-order valence-electron chi connectivity index (χ3n) is 8.78. The van der Waals surface area contributed by atoms with Crippen LogP contribution >= 0.6 is 0 Å². The molecule has 0 aromatic heterocycles. The van der Waals surface area contributed by atoms with E-state index >= 15 is 0 Å². The summed E-state index contributed by atoms with van der Waals surface area (Å²) in [5, 5.41) is 3.25. The standard InChI is InChI=1S/C33H40N2O3/c1-20(2)24-8-10-25(11-9-24)29-28-23(5)30(34-32(36)26-12-14-27(37-7)15-13-26)21(3)22(4)31(28)38-33(29)16-18-35(6)19-17-33/h8-15,20,29H,16-19H2,1-7H3,(H,34,36). The predicted molar refractivity (Wildman–Crippen MR) is 154 cm³/mol. The Morgan fingerprint density at radius 2 is 1.61 bits per heavy atom. The van der Waals surface area contributed by atoms with Crippen molar-refractivity contribution < 1.29 is 14.3 Å². The number of hydrogen-bond acceptors (Lipinski definition) is 4. The minimum atomic E-state index is -0.283. The fraction of sp³-hybridized carbons (Fsp3) is 0.424. The van der Waals surface area contributed by atoms with Gasteiger partial charge in [0.1, 0.15) is 17.1 Å². The van der Waals surface area contributed by atoms with Gasteiger partial charge in [-0.1, -0.05) is 38.1 Å². The van der Waals surface area contributed by atoms with E-state index in [0.717, 1.165) is 59.8 Å². The summed E-state index contributed by atoms with van der Waals surface area (Å²) in [5.74, 6) is 2.21. The summed E-state index contributed by atoms with van der Waals surface area (Å²) in [6, 6.07) is 16.4. The molecule has 0 aliphatic carbocycles. The van der Waals surface area contributed by atoms with Crippen molar-refractivity contribution in [2.24, 2.45) is 0 Å². The maximum atomic E-state index is 13.3. The van der Waals surface area contributed by atoms with Gasteiger partial charge in [-0.05, 0) is 85.8 Å². The molecule has 5 rings (SSSR count). The van der Waals surface area contributed by atoms with Crippen LogP contribution < -0.4 is 14.8 Å². The zero-order valence-corrected chi connectivity index (χ0v) is 23.8. The van der Waals surface area contributed by atoms with Gasteiger partial charge >= 0.3 is 0 Å². The molecule has 1 unspecified atom stereocenters. The molecule has 3 aromatic rings. The second-order valence-corrected chi connectivity index (χ2v) is 11.4. The van der Waals surface area contributed by atoms with E-state index in [4.69, 9.17) is 9.47 Å². The molecular formula is C33H40N2O3. The molecule has 1 N–H and O–H groups in total. The average Bonchev–Trinajstić information content (AvgIpc) is 3.26. The Labute approximate surface area is 227 Å². The van der Waals surface area contributed by atoms with Gasteiger partial charge in [-0.2, -0.15) is 0 Å². The summed E-state index contributed by atoms with van der Waals surface area (Å²) in [5.41, 5.74) is 8.32. The summed E-state index contributed by atoms with van der Waals surface area (Å²) < 4.78 is 12.3. The average molecular weight is 513 g/mol. The molecule has 1 saturated heterocycles. The molecule has 200 valence electrons. The minimum Gasteiger partial charge on any atom is -0.497 e. The van der Waals surface area contributed by atoms with Gasteiger partial charge in [-0.15, -0.1) is 0 Å². The molecule has 2 aliphatic heterocycles. The SMILES string of the molecule is COc1ccc(C(=O)Nc2c(C)c(C)c3c(c2C)C(c2ccc(C(C)C)cc2)C2(CCN(C)CC2)O3)cc1. The number of carbonyl (C=O) groups excluding carboxylic acids is 1. The molecule has 2 heterocycles. The third kappa shape index (κ3) is 4.47. The van der Waals surface area contributed by atoms with E-state index < -0.39 is 0 Å². The van der Waals surface area contributed by atoms with Crippen molar-refractivity contribution in [3.05, 3.63) is 87.5 Å². The van der Waals surface area contributed by atoms with Crippen molar-refractivity contribution in [3.63, 3.8) is 0 Å². The van der Waals surface area contributed by atoms with Crippen LogP contribution in [0.3, 0.4) is 0 Å². The van der Waals surface area contributed by atoms with E-state index in [2.05, 4.69) is 76.1 Å². The Morgan fingerprint density at radius 1 is 0.974 bits per heavy atom. The largest absolute Gasteiger partial charge is 0.497 e. The number of hydrogen-bond donors (Lipinski definition) is 1. The second-order valence-electron chi connectivity index (χ2n) is 11.4. The smallest absolute Gasteiger partial charge is 0.255 e. The molecule has 1 spiro atoms. The van der Waals surface area contributed by atoms with Crippen LogP contribution in [0.4, 0.5) is 5.69 Å². The third-order valence-corrected chi connectivity index (χ3v) is 8.78. The number of likely N-dealkylation sites (tertiary alicyclic amines) is 1. The molecule has 1 atom stereocenters. The molecule has 0 bridgehead atoms. The van der Waals surface area contributed by atoms with Crippen LogP contribution in [0.25, 0.3) is 0 Å². The van der Waals surface area contributed by atoms with Gasteiger partial charge < -0.3 is 19.7 Å². The van der Waals surface area contributed by atoms with Gasteiger partial charge in [-0.3, -0.25) is 4.79 Å². The monoisotopic (exact) mass is 512 g/mol. The zero-order chi connectivity index (χ0) is 27.2. The fourth-order valence-corrected chi connectivity index (χ4v) is 6.20. The molecule has 38 heavy (non-hydrogen) atoms. The van der Waals surface area contributed by atoms with Crippen LogP contribution in [0.5, 0.6) is 11.5 Å². The lowest BCUT2D eigenvalue weighted by Gasteiger charge is -2.41. The lowest BCUT2D eigenvalue weighted by atomic mass is 9.72. The van der Waals surface area contributed by atoms with E-state index in [1.54, 1.807) is 19.2 Å². The molecule has 5 heteroatoms. The number of rotatable bonds is 5. The normalized spacial score (nSPS) is 18.4. The molecule has 1 amide bonds. The number of ether oxygens (including phenoxy) is 2. The van der Waals surface area contributed by atoms with Crippen LogP contribution in [-0.4, -0.2) is 43.7 Å². The number of nitrogens with zero attached hydrogens (tertiary/aromatic N) is 1. The van der Waals surface area contributed by atoms with Crippen LogP contribution in [0, 0.1) is 20.8 Å². The molecule has 0 radical (unpaired) electrons. The lowest BCUT2D eigenvalue weighted by Crippen LogP contribution is -2.48. The first-order chi connectivity index (χ1) is 18.1. The highest BCUT2D eigenvalue weighted by Crippen LogP contribution is 2.57. The molecule has 5 nitrogen and oxygen atoms in total. The fourth-order valence-electron chi connectivity index (χ4n) is 6.20. The summed E-state index contributed by atoms with van der Waals surface area (Å²) in [6.45, 7) is 12.8. The Hall–Kier alpha value is -3.31. The zero-order valence-electron chi connectivity index (χ0n) is 23.8. The number of fused-ring (bicyclic) bond motifs is 1. The van der Waals surface area contributed by atoms with E-state index in [1.165, 1.54) is 16.7 Å². The maximum absolute atomic E-state index is 13.3. The van der Waals surface area contributed by atoms with E-state index in [-0.39, 0.29) is 17.4 Å². The maximum Gasteiger partial charge on any atom is 0.255 e. The molecular weight excluding hydrogens is 472 g/mol. The van der Waals surface area contributed by atoms with Gasteiger partial charge in [-0.25, -0.2) is 0 Å². The van der Waals surface area contributed by atoms with Gasteiger partial charge in [0.15, 0.2) is 0 Å². The topological polar surface area (TPSA) is 50.8 Å². The summed E-state index contributed by atoms with van der Waals surface area (Å²) in [7, 11) is 3.82. The van der Waals surface area contributed by atoms with Crippen LogP contribution in [-0.2, 0) is 0 Å². The Morgan fingerprint density at radius 3 is 2.18 bits per heavy atom. The summed E-state index contributed by atoms with van der Waals surface area (Å²) in [4.78, 5) is 15.7. The van der Waals surface area contributed by atoms with Gasteiger partial charge in [0.25, 0.3) is 5.91 Å². The van der Waals surface area contributed by atoms with Crippen molar-refractivity contribution in [3.8, 4) is 11.5 Å². The lowest BCUT2D eigenvalue weighted by molar-refractivity contribution is 0.0145. The summed E-state index contributed by atoms with van der Waals surface area (Å²) >= 11 is 0. The van der Waals surface area contributed by atoms with E-state index in [1.807, 2.05) is 12.1 Å². The Bertz CT molecular complexity index is 1330. The number of nitrogens with one attached hydrogen (secondary N) is 1. The van der Waals surface area contributed by atoms with Crippen LogP contribution in [0.2, 0.25) is 0 Å². The van der Waals surface area contributed by atoms with Gasteiger partial charge in [0.05, 0.1) is 13.0 Å². The number of anilines is 1. The minimum absolute atomic E-state index is 0.114. The van der Waals surface area contributed by atoms with Crippen LogP contribution in [0.15, 0.2) is 48.5 Å².